The van der Waals surface area contributed by atoms with E-state index < -0.39 is 9.84 Å². The molecule has 0 aliphatic heterocycles. The first-order valence-corrected chi connectivity index (χ1v) is 6.61. The number of aryl methyl sites for hydroxylation is 1. The summed E-state index contributed by atoms with van der Waals surface area (Å²) in [6.45, 7) is 0.370. The van der Waals surface area contributed by atoms with Crippen LogP contribution in [0.5, 0.6) is 0 Å². The molecule has 0 saturated carbocycles. The Hall–Kier alpha value is -0.690. The van der Waals surface area contributed by atoms with Gasteiger partial charge in [-0.3, -0.25) is 4.79 Å². The molecule has 1 aromatic heterocycles. The van der Waals surface area contributed by atoms with E-state index >= 15 is 0 Å². The normalized spacial score (nSPS) is 11.8. The first-order valence-electron chi connectivity index (χ1n) is 3.67. The molecule has 13 heavy (non-hydrogen) atoms. The van der Waals surface area contributed by atoms with Crippen LogP contribution in [0.3, 0.4) is 0 Å². The molecule has 1 rings (SSSR count). The molecule has 0 aliphatic rings. The highest BCUT2D eigenvalue weighted by atomic mass is 32.2. The smallest absolute Gasteiger partial charge is 0.255 e. The van der Waals surface area contributed by atoms with Crippen molar-refractivity contribution in [1.29, 1.82) is 0 Å². The molecule has 0 amide bonds. The highest BCUT2D eigenvalue weighted by molar-refractivity contribution is 7.90. The fourth-order valence-electron chi connectivity index (χ4n) is 0.859. The van der Waals surface area contributed by atoms with Gasteiger partial charge in [0, 0.05) is 12.8 Å². The van der Waals surface area contributed by atoms with Gasteiger partial charge in [-0.25, -0.2) is 13.1 Å². The second-order valence-corrected chi connectivity index (χ2v) is 5.77. The first kappa shape index (κ1) is 10.4. The first-order chi connectivity index (χ1) is 5.99. The molecule has 74 valence electrons. The van der Waals surface area contributed by atoms with E-state index in [1.807, 2.05) is 0 Å². The Morgan fingerprint density at radius 1 is 1.62 bits per heavy atom. The van der Waals surface area contributed by atoms with Crippen molar-refractivity contribution in [3.8, 4) is 0 Å². The molecule has 0 fully saturated rings. The maximum Gasteiger partial charge on any atom is 0.324 e. The van der Waals surface area contributed by atoms with Crippen molar-refractivity contribution in [1.82, 2.24) is 9.78 Å². The predicted molar refractivity (Wildman–Crippen MR) is 50.7 cm³/mol. The van der Waals surface area contributed by atoms with Gasteiger partial charge in [-0.15, -0.1) is 0 Å². The molecule has 0 radical (unpaired) electrons. The summed E-state index contributed by atoms with van der Waals surface area (Å²) < 4.78 is 22.8. The zero-order valence-electron chi connectivity index (χ0n) is 7.13. The summed E-state index contributed by atoms with van der Waals surface area (Å²) in [5.74, 6) is 0.0942. The van der Waals surface area contributed by atoms with Crippen LogP contribution < -0.4 is 4.87 Å². The Kier molecular flexibility index (Phi) is 3.21. The molecule has 0 N–H and O–H groups in total. The van der Waals surface area contributed by atoms with Crippen LogP contribution >= 0.6 is 11.3 Å². The average Bonchev–Trinajstić information content (AvgIpc) is 2.34. The molecule has 0 atom stereocenters. The van der Waals surface area contributed by atoms with Gasteiger partial charge in [-0.1, -0.05) is 11.3 Å². The van der Waals surface area contributed by atoms with Crippen molar-refractivity contribution < 1.29 is 8.42 Å². The van der Waals surface area contributed by atoms with Crippen LogP contribution in [0.15, 0.2) is 10.3 Å². The van der Waals surface area contributed by atoms with Gasteiger partial charge in [0.05, 0.1) is 5.75 Å². The number of hydrogen-bond acceptors (Lipinski definition) is 5. The van der Waals surface area contributed by atoms with Crippen LogP contribution in [0, 0.1) is 0 Å². The molecular formula is C6H10N2O3S2. The molecule has 0 saturated heterocycles. The summed E-state index contributed by atoms with van der Waals surface area (Å²) in [4.78, 5) is 10.8. The highest BCUT2D eigenvalue weighted by Crippen LogP contribution is 1.92. The van der Waals surface area contributed by atoms with E-state index in [1.165, 1.54) is 16.4 Å². The van der Waals surface area contributed by atoms with Gasteiger partial charge >= 0.3 is 4.87 Å². The molecule has 7 heteroatoms. The number of rotatable bonds is 4. The van der Waals surface area contributed by atoms with Crippen molar-refractivity contribution in [2.45, 2.75) is 13.0 Å². The average molecular weight is 222 g/mol. The maximum atomic E-state index is 10.9. The van der Waals surface area contributed by atoms with Crippen LogP contribution in [-0.4, -0.2) is 30.2 Å². The maximum absolute atomic E-state index is 10.9. The summed E-state index contributed by atoms with van der Waals surface area (Å²) in [6, 6.07) is 0. The Morgan fingerprint density at radius 3 is 2.77 bits per heavy atom. The quantitative estimate of drug-likeness (QED) is 0.704. The van der Waals surface area contributed by atoms with Crippen LogP contribution in [-0.2, 0) is 16.4 Å². The third-order valence-corrected chi connectivity index (χ3v) is 3.08. The summed E-state index contributed by atoms with van der Waals surface area (Å²) in [5.41, 5.74) is 1.45. The SMILES string of the molecule is CS(=O)(=O)CCCn1ncsc1=O. The summed E-state index contributed by atoms with van der Waals surface area (Å²) in [5, 5.41) is 3.76. The minimum Gasteiger partial charge on any atom is -0.255 e. The molecule has 1 aromatic rings. The van der Waals surface area contributed by atoms with Crippen molar-refractivity contribution in [3.05, 3.63) is 15.2 Å². The summed E-state index contributed by atoms with van der Waals surface area (Å²) in [7, 11) is -2.93. The van der Waals surface area contributed by atoms with E-state index in [0.717, 1.165) is 11.3 Å². The molecule has 0 aliphatic carbocycles. The second kappa shape index (κ2) is 4.01. The second-order valence-electron chi connectivity index (χ2n) is 2.71. The van der Waals surface area contributed by atoms with Crippen molar-refractivity contribution in [3.63, 3.8) is 0 Å². The number of nitrogens with zero attached hydrogens (tertiary/aromatic N) is 2. The number of aromatic nitrogens is 2. The summed E-state index contributed by atoms with van der Waals surface area (Å²) in [6.07, 6.45) is 1.61. The van der Waals surface area contributed by atoms with E-state index in [-0.39, 0.29) is 10.6 Å². The number of sulfone groups is 1. The van der Waals surface area contributed by atoms with Gasteiger partial charge in [0.25, 0.3) is 0 Å². The van der Waals surface area contributed by atoms with Crippen molar-refractivity contribution in [2.75, 3.05) is 12.0 Å². The van der Waals surface area contributed by atoms with Crippen LogP contribution in [0.25, 0.3) is 0 Å². The van der Waals surface area contributed by atoms with E-state index in [0.29, 0.717) is 13.0 Å². The molecule has 5 nitrogen and oxygen atoms in total. The van der Waals surface area contributed by atoms with Crippen molar-refractivity contribution in [2.24, 2.45) is 0 Å². The van der Waals surface area contributed by atoms with Gasteiger partial charge in [0.2, 0.25) is 0 Å². The lowest BCUT2D eigenvalue weighted by Gasteiger charge is -1.97. The van der Waals surface area contributed by atoms with E-state index in [4.69, 9.17) is 0 Å². The predicted octanol–water partition coefficient (Wildman–Crippen LogP) is -0.261. The Balaban J connectivity index is 2.46. The van der Waals surface area contributed by atoms with Gasteiger partial charge in [-0.2, -0.15) is 5.10 Å². The third-order valence-electron chi connectivity index (χ3n) is 1.44. The standard InChI is InChI=1S/C6H10N2O3S2/c1-13(10,11)4-2-3-8-6(9)12-5-7-8/h5H,2-4H2,1H3. The fourth-order valence-corrected chi connectivity index (χ4v) is 2.02. The zero-order chi connectivity index (χ0) is 9.90. The third kappa shape index (κ3) is 3.69. The van der Waals surface area contributed by atoms with Crippen LogP contribution in [0.1, 0.15) is 6.42 Å². The zero-order valence-corrected chi connectivity index (χ0v) is 8.77. The topological polar surface area (TPSA) is 69.0 Å². The monoisotopic (exact) mass is 222 g/mol. The van der Waals surface area contributed by atoms with E-state index in [2.05, 4.69) is 5.10 Å². The fraction of sp³-hybridized carbons (Fsp3) is 0.667. The minimum atomic E-state index is -2.93. The number of hydrogen-bond donors (Lipinski definition) is 0. The lowest BCUT2D eigenvalue weighted by Crippen LogP contribution is -2.16. The van der Waals surface area contributed by atoms with Gasteiger partial charge < -0.3 is 0 Å². The van der Waals surface area contributed by atoms with Gasteiger partial charge in [-0.05, 0) is 6.42 Å². The van der Waals surface area contributed by atoms with Crippen LogP contribution in [0.2, 0.25) is 0 Å². The molecular weight excluding hydrogens is 212 g/mol. The molecule has 1 heterocycles. The molecule has 0 unspecified atom stereocenters. The van der Waals surface area contributed by atoms with Gasteiger partial charge in [0.15, 0.2) is 0 Å². The lowest BCUT2D eigenvalue weighted by molar-refractivity contribution is 0.569. The van der Waals surface area contributed by atoms with Crippen molar-refractivity contribution >= 4 is 21.2 Å². The lowest BCUT2D eigenvalue weighted by atomic mass is 10.5. The van der Waals surface area contributed by atoms with Crippen LogP contribution in [0.4, 0.5) is 0 Å². The molecule has 0 spiro atoms. The highest BCUT2D eigenvalue weighted by Gasteiger charge is 2.03. The van der Waals surface area contributed by atoms with E-state index in [1.54, 1.807) is 0 Å². The molecule has 0 aromatic carbocycles. The Morgan fingerprint density at radius 2 is 2.31 bits per heavy atom. The molecule has 0 bridgehead atoms. The Labute approximate surface area is 79.9 Å². The minimum absolute atomic E-state index is 0.0942. The van der Waals surface area contributed by atoms with Gasteiger partial charge in [0.1, 0.15) is 15.3 Å². The Bertz CT molecular complexity index is 417. The largest absolute Gasteiger partial charge is 0.324 e. The van der Waals surface area contributed by atoms with E-state index in [9.17, 15) is 13.2 Å². The summed E-state index contributed by atoms with van der Waals surface area (Å²) >= 11 is 1.01.